The van der Waals surface area contributed by atoms with Crippen molar-refractivity contribution in [2.24, 2.45) is 0 Å². The molecule has 22 heavy (non-hydrogen) atoms. The number of ether oxygens (including phenoxy) is 2. The van der Waals surface area contributed by atoms with Crippen LogP contribution in [-0.4, -0.2) is 18.9 Å². The highest BCUT2D eigenvalue weighted by Crippen LogP contribution is 2.28. The largest absolute Gasteiger partial charge is 0.490 e. The van der Waals surface area contributed by atoms with Crippen LogP contribution in [0, 0.1) is 5.82 Å². The van der Waals surface area contributed by atoms with Gasteiger partial charge in [0.15, 0.2) is 11.5 Å². The molecule has 0 bridgehead atoms. The summed E-state index contributed by atoms with van der Waals surface area (Å²) in [5.74, 6) is -0.272. The molecule has 5 heteroatoms. The molecule has 0 aliphatic carbocycles. The van der Waals surface area contributed by atoms with Crippen LogP contribution in [0.4, 0.5) is 4.39 Å². The van der Waals surface area contributed by atoms with E-state index in [1.807, 2.05) is 0 Å². The number of rotatable bonds is 6. The van der Waals surface area contributed by atoms with Crippen molar-refractivity contribution in [1.82, 2.24) is 0 Å². The van der Waals surface area contributed by atoms with E-state index >= 15 is 0 Å². The summed E-state index contributed by atoms with van der Waals surface area (Å²) in [4.78, 5) is 22.7. The molecule has 0 heterocycles. The first-order valence-electron chi connectivity index (χ1n) is 6.79. The van der Waals surface area contributed by atoms with E-state index in [0.29, 0.717) is 29.8 Å². The molecule has 0 unspecified atom stereocenters. The number of esters is 1. The summed E-state index contributed by atoms with van der Waals surface area (Å²) < 4.78 is 23.4. The summed E-state index contributed by atoms with van der Waals surface area (Å²) in [6.07, 6.45) is 0.702. The maximum absolute atomic E-state index is 12.8. The van der Waals surface area contributed by atoms with Gasteiger partial charge in [-0.25, -0.2) is 4.39 Å². The highest BCUT2D eigenvalue weighted by Gasteiger charge is 2.12. The van der Waals surface area contributed by atoms with Gasteiger partial charge in [0.05, 0.1) is 13.0 Å². The van der Waals surface area contributed by atoms with E-state index in [2.05, 4.69) is 0 Å². The fourth-order valence-electron chi connectivity index (χ4n) is 1.88. The lowest BCUT2D eigenvalue weighted by atomic mass is 10.1. The van der Waals surface area contributed by atoms with Crippen LogP contribution in [0.15, 0.2) is 42.5 Å². The van der Waals surface area contributed by atoms with E-state index in [-0.39, 0.29) is 18.0 Å². The van der Waals surface area contributed by atoms with Gasteiger partial charge in [0.1, 0.15) is 12.1 Å². The Morgan fingerprint density at radius 3 is 2.50 bits per heavy atom. The molecule has 2 aromatic rings. The van der Waals surface area contributed by atoms with Gasteiger partial charge in [-0.2, -0.15) is 0 Å². The van der Waals surface area contributed by atoms with Crippen molar-refractivity contribution in [1.29, 1.82) is 0 Å². The van der Waals surface area contributed by atoms with Gasteiger partial charge in [0, 0.05) is 5.56 Å². The molecular formula is C17H15FO4. The number of halogens is 1. The fraction of sp³-hybridized carbons (Fsp3) is 0.176. The van der Waals surface area contributed by atoms with Gasteiger partial charge < -0.3 is 9.47 Å². The van der Waals surface area contributed by atoms with E-state index in [9.17, 15) is 14.0 Å². The predicted molar refractivity (Wildman–Crippen MR) is 78.7 cm³/mol. The number of hydrogen-bond acceptors (Lipinski definition) is 4. The zero-order valence-electron chi connectivity index (χ0n) is 12.0. The Morgan fingerprint density at radius 2 is 1.86 bits per heavy atom. The molecule has 2 aromatic carbocycles. The number of carbonyl (C=O) groups is 2. The SMILES string of the molecule is CCOc1cc(C=O)ccc1OC(=O)Cc1ccc(F)cc1. The van der Waals surface area contributed by atoms with Gasteiger partial charge in [0.2, 0.25) is 0 Å². The van der Waals surface area contributed by atoms with E-state index < -0.39 is 5.97 Å². The van der Waals surface area contributed by atoms with Crippen molar-refractivity contribution < 1.29 is 23.5 Å². The fourth-order valence-corrected chi connectivity index (χ4v) is 1.88. The zero-order chi connectivity index (χ0) is 15.9. The Bertz CT molecular complexity index is 665. The van der Waals surface area contributed by atoms with E-state index in [4.69, 9.17) is 9.47 Å². The zero-order valence-corrected chi connectivity index (χ0v) is 12.0. The van der Waals surface area contributed by atoms with Crippen LogP contribution in [0.3, 0.4) is 0 Å². The Labute approximate surface area is 127 Å². The molecule has 0 fully saturated rings. The minimum atomic E-state index is -0.494. The van der Waals surface area contributed by atoms with E-state index in [1.54, 1.807) is 6.92 Å². The second kappa shape index (κ2) is 7.36. The third-order valence-corrected chi connectivity index (χ3v) is 2.89. The van der Waals surface area contributed by atoms with Crippen LogP contribution in [0.5, 0.6) is 11.5 Å². The van der Waals surface area contributed by atoms with Crippen molar-refractivity contribution >= 4 is 12.3 Å². The van der Waals surface area contributed by atoms with Crippen LogP contribution in [0.1, 0.15) is 22.8 Å². The van der Waals surface area contributed by atoms with Crippen molar-refractivity contribution in [2.75, 3.05) is 6.61 Å². The average Bonchev–Trinajstić information content (AvgIpc) is 2.51. The molecule has 0 aliphatic rings. The van der Waals surface area contributed by atoms with Crippen molar-refractivity contribution in [2.45, 2.75) is 13.3 Å². The molecule has 0 spiro atoms. The lowest BCUT2D eigenvalue weighted by molar-refractivity contribution is -0.133. The van der Waals surface area contributed by atoms with Gasteiger partial charge in [-0.3, -0.25) is 9.59 Å². The summed E-state index contributed by atoms with van der Waals surface area (Å²) in [6.45, 7) is 2.17. The van der Waals surface area contributed by atoms with Crippen LogP contribution in [-0.2, 0) is 11.2 Å². The summed E-state index contributed by atoms with van der Waals surface area (Å²) in [5, 5.41) is 0. The predicted octanol–water partition coefficient (Wildman–Crippen LogP) is 3.19. The molecule has 0 atom stereocenters. The Kier molecular flexibility index (Phi) is 5.25. The molecular weight excluding hydrogens is 287 g/mol. The molecule has 114 valence electrons. The number of hydrogen-bond donors (Lipinski definition) is 0. The normalized spacial score (nSPS) is 10.1. The number of carbonyl (C=O) groups excluding carboxylic acids is 2. The summed E-state index contributed by atoms with van der Waals surface area (Å²) >= 11 is 0. The standard InChI is InChI=1S/C17H15FO4/c1-2-21-16-9-13(11-19)5-8-15(16)22-17(20)10-12-3-6-14(18)7-4-12/h3-9,11H,2,10H2,1H3. The van der Waals surface area contributed by atoms with Gasteiger partial charge in [-0.1, -0.05) is 12.1 Å². The van der Waals surface area contributed by atoms with Crippen LogP contribution >= 0.6 is 0 Å². The molecule has 4 nitrogen and oxygen atoms in total. The van der Waals surface area contributed by atoms with Gasteiger partial charge in [0.25, 0.3) is 0 Å². The average molecular weight is 302 g/mol. The topological polar surface area (TPSA) is 52.6 Å². The first-order valence-corrected chi connectivity index (χ1v) is 6.79. The van der Waals surface area contributed by atoms with Gasteiger partial charge >= 0.3 is 5.97 Å². The highest BCUT2D eigenvalue weighted by atomic mass is 19.1. The lowest BCUT2D eigenvalue weighted by Crippen LogP contribution is -2.12. The first kappa shape index (κ1) is 15.7. The van der Waals surface area contributed by atoms with Gasteiger partial charge in [-0.05, 0) is 42.8 Å². The molecule has 2 rings (SSSR count). The van der Waals surface area contributed by atoms with Gasteiger partial charge in [-0.15, -0.1) is 0 Å². The quantitative estimate of drug-likeness (QED) is 0.467. The molecule has 0 aliphatic heterocycles. The van der Waals surface area contributed by atoms with Crippen molar-refractivity contribution in [3.05, 3.63) is 59.4 Å². The van der Waals surface area contributed by atoms with Crippen LogP contribution in [0.25, 0.3) is 0 Å². The molecule has 0 amide bonds. The lowest BCUT2D eigenvalue weighted by Gasteiger charge is -2.11. The summed E-state index contributed by atoms with van der Waals surface area (Å²) in [6, 6.07) is 10.2. The Balaban J connectivity index is 2.10. The maximum Gasteiger partial charge on any atom is 0.315 e. The van der Waals surface area contributed by atoms with Crippen LogP contribution in [0.2, 0.25) is 0 Å². The molecule has 0 N–H and O–H groups in total. The highest BCUT2D eigenvalue weighted by molar-refractivity contribution is 5.79. The van der Waals surface area contributed by atoms with Crippen LogP contribution < -0.4 is 9.47 Å². The first-order chi connectivity index (χ1) is 10.6. The summed E-state index contributed by atoms with van der Waals surface area (Å²) in [7, 11) is 0. The molecule has 0 saturated heterocycles. The minimum Gasteiger partial charge on any atom is -0.490 e. The molecule has 0 radical (unpaired) electrons. The van der Waals surface area contributed by atoms with Crippen molar-refractivity contribution in [3.8, 4) is 11.5 Å². The second-order valence-electron chi connectivity index (χ2n) is 4.53. The van der Waals surface area contributed by atoms with E-state index in [0.717, 1.165) is 0 Å². The molecule has 0 aromatic heterocycles. The minimum absolute atomic E-state index is 0.0152. The smallest absolute Gasteiger partial charge is 0.315 e. The number of benzene rings is 2. The Morgan fingerprint density at radius 1 is 1.14 bits per heavy atom. The Hall–Kier alpha value is -2.69. The van der Waals surface area contributed by atoms with E-state index in [1.165, 1.54) is 42.5 Å². The third-order valence-electron chi connectivity index (χ3n) is 2.89. The maximum atomic E-state index is 12.8. The summed E-state index contributed by atoms with van der Waals surface area (Å²) in [5.41, 5.74) is 1.08. The second-order valence-corrected chi connectivity index (χ2v) is 4.53. The third kappa shape index (κ3) is 4.15. The van der Waals surface area contributed by atoms with Crippen molar-refractivity contribution in [3.63, 3.8) is 0 Å². The number of aldehydes is 1. The molecule has 0 saturated carbocycles. The monoisotopic (exact) mass is 302 g/mol.